The third-order valence-electron chi connectivity index (χ3n) is 3.73. The highest BCUT2D eigenvalue weighted by Gasteiger charge is 2.32. The SMILES string of the molecule is CCNC(C)(C#N)CCOc1cccc2c1OC(C)(C)C2. The molecule has 1 aromatic carbocycles. The molecule has 0 spiro atoms. The zero-order valence-corrected chi connectivity index (χ0v) is 13.3. The van der Waals surface area contributed by atoms with Crippen LogP contribution in [0.15, 0.2) is 18.2 Å². The molecule has 4 heteroatoms. The molecule has 1 N–H and O–H groups in total. The quantitative estimate of drug-likeness (QED) is 0.874. The molecule has 1 aliphatic heterocycles. The summed E-state index contributed by atoms with van der Waals surface area (Å²) in [6, 6.07) is 8.31. The Morgan fingerprint density at radius 3 is 2.90 bits per heavy atom. The van der Waals surface area contributed by atoms with E-state index in [1.54, 1.807) is 0 Å². The number of para-hydroxylation sites is 1. The lowest BCUT2D eigenvalue weighted by molar-refractivity contribution is 0.131. The monoisotopic (exact) mass is 288 g/mol. The molecule has 114 valence electrons. The van der Waals surface area contributed by atoms with Crippen molar-refractivity contribution in [1.82, 2.24) is 5.32 Å². The van der Waals surface area contributed by atoms with E-state index >= 15 is 0 Å². The van der Waals surface area contributed by atoms with Gasteiger partial charge in [-0.15, -0.1) is 0 Å². The van der Waals surface area contributed by atoms with Crippen molar-refractivity contribution >= 4 is 0 Å². The Morgan fingerprint density at radius 2 is 2.24 bits per heavy atom. The first-order valence-corrected chi connectivity index (χ1v) is 7.49. The molecule has 1 aliphatic rings. The van der Waals surface area contributed by atoms with Crippen molar-refractivity contribution in [2.45, 2.75) is 51.7 Å². The summed E-state index contributed by atoms with van der Waals surface area (Å²) in [4.78, 5) is 0. The summed E-state index contributed by atoms with van der Waals surface area (Å²) in [5.74, 6) is 1.62. The van der Waals surface area contributed by atoms with E-state index in [2.05, 4.69) is 31.3 Å². The molecule has 0 saturated heterocycles. The molecule has 0 radical (unpaired) electrons. The maximum atomic E-state index is 9.24. The van der Waals surface area contributed by atoms with Gasteiger partial charge < -0.3 is 9.47 Å². The predicted molar refractivity (Wildman–Crippen MR) is 82.7 cm³/mol. The van der Waals surface area contributed by atoms with E-state index in [1.165, 1.54) is 5.56 Å². The molecular formula is C17H24N2O2. The highest BCUT2D eigenvalue weighted by Crippen LogP contribution is 2.41. The molecule has 0 bridgehead atoms. The van der Waals surface area contributed by atoms with E-state index < -0.39 is 5.54 Å². The number of benzene rings is 1. The van der Waals surface area contributed by atoms with Gasteiger partial charge in [-0.1, -0.05) is 19.1 Å². The van der Waals surface area contributed by atoms with Crippen LogP contribution >= 0.6 is 0 Å². The van der Waals surface area contributed by atoms with Crippen molar-refractivity contribution in [3.05, 3.63) is 23.8 Å². The zero-order chi connectivity index (χ0) is 15.5. The Bertz CT molecular complexity index is 548. The van der Waals surface area contributed by atoms with Gasteiger partial charge in [0, 0.05) is 18.4 Å². The summed E-state index contributed by atoms with van der Waals surface area (Å²) in [5.41, 5.74) is 0.465. The van der Waals surface area contributed by atoms with Crippen LogP contribution in [-0.2, 0) is 6.42 Å². The summed E-state index contributed by atoms with van der Waals surface area (Å²) in [7, 11) is 0. The fraction of sp³-hybridized carbons (Fsp3) is 0.588. The average Bonchev–Trinajstić information content (AvgIpc) is 2.74. The van der Waals surface area contributed by atoms with Crippen LogP contribution in [0.2, 0.25) is 0 Å². The third kappa shape index (κ3) is 3.68. The number of nitrogens with one attached hydrogen (secondary N) is 1. The van der Waals surface area contributed by atoms with Gasteiger partial charge in [0.15, 0.2) is 11.5 Å². The van der Waals surface area contributed by atoms with Gasteiger partial charge in [0.25, 0.3) is 0 Å². The Hall–Kier alpha value is -1.73. The molecule has 0 aromatic heterocycles. The summed E-state index contributed by atoms with van der Waals surface area (Å²) >= 11 is 0. The van der Waals surface area contributed by atoms with Gasteiger partial charge in [0.05, 0.1) is 12.7 Å². The van der Waals surface area contributed by atoms with Crippen molar-refractivity contribution < 1.29 is 9.47 Å². The molecule has 1 unspecified atom stereocenters. The first-order chi connectivity index (χ1) is 9.89. The van der Waals surface area contributed by atoms with E-state index in [9.17, 15) is 5.26 Å². The smallest absolute Gasteiger partial charge is 0.165 e. The minimum atomic E-state index is -0.549. The van der Waals surface area contributed by atoms with Gasteiger partial charge in [-0.05, 0) is 33.4 Å². The summed E-state index contributed by atoms with van der Waals surface area (Å²) < 4.78 is 11.8. The Morgan fingerprint density at radius 1 is 1.48 bits per heavy atom. The van der Waals surface area contributed by atoms with Crippen LogP contribution < -0.4 is 14.8 Å². The van der Waals surface area contributed by atoms with E-state index in [0.717, 1.165) is 24.5 Å². The lowest BCUT2D eigenvalue weighted by Crippen LogP contribution is -2.42. The fourth-order valence-electron chi connectivity index (χ4n) is 2.64. The van der Waals surface area contributed by atoms with Crippen LogP contribution in [0.25, 0.3) is 0 Å². The maximum absolute atomic E-state index is 9.24. The van der Waals surface area contributed by atoms with Crippen LogP contribution in [-0.4, -0.2) is 24.3 Å². The molecule has 1 heterocycles. The maximum Gasteiger partial charge on any atom is 0.165 e. The standard InChI is InChI=1S/C17H24N2O2/c1-5-19-17(4,12-18)9-10-20-14-8-6-7-13-11-16(2,3)21-15(13)14/h6-8,19H,5,9-11H2,1-4H3. The van der Waals surface area contributed by atoms with Crippen LogP contribution in [0.5, 0.6) is 11.5 Å². The average molecular weight is 288 g/mol. The number of hydrogen-bond acceptors (Lipinski definition) is 4. The minimum absolute atomic E-state index is 0.174. The second-order valence-electron chi connectivity index (χ2n) is 6.36. The zero-order valence-electron chi connectivity index (χ0n) is 13.3. The molecule has 2 rings (SSSR count). The normalized spacial score (nSPS) is 18.2. The van der Waals surface area contributed by atoms with Gasteiger partial charge in [0.2, 0.25) is 0 Å². The molecule has 0 fully saturated rings. The Kier molecular flexibility index (Phi) is 4.43. The first kappa shape index (κ1) is 15.7. The number of nitriles is 1. The molecule has 21 heavy (non-hydrogen) atoms. The lowest BCUT2D eigenvalue weighted by Gasteiger charge is -2.23. The summed E-state index contributed by atoms with van der Waals surface area (Å²) in [6.07, 6.45) is 1.53. The van der Waals surface area contributed by atoms with Crippen molar-refractivity contribution in [3.8, 4) is 17.6 Å². The van der Waals surface area contributed by atoms with E-state index in [-0.39, 0.29) is 5.60 Å². The molecule has 0 saturated carbocycles. The Labute approximate surface area is 127 Å². The molecule has 1 atom stereocenters. The van der Waals surface area contributed by atoms with Crippen molar-refractivity contribution in [1.29, 1.82) is 5.26 Å². The number of ether oxygens (including phenoxy) is 2. The highest BCUT2D eigenvalue weighted by molar-refractivity contribution is 5.50. The van der Waals surface area contributed by atoms with Crippen molar-refractivity contribution in [2.75, 3.05) is 13.2 Å². The second kappa shape index (κ2) is 5.95. The number of hydrogen-bond donors (Lipinski definition) is 1. The third-order valence-corrected chi connectivity index (χ3v) is 3.73. The molecular weight excluding hydrogens is 264 g/mol. The number of rotatable bonds is 6. The van der Waals surface area contributed by atoms with Gasteiger partial charge in [-0.2, -0.15) is 5.26 Å². The largest absolute Gasteiger partial charge is 0.490 e. The van der Waals surface area contributed by atoms with Gasteiger partial charge >= 0.3 is 0 Å². The number of fused-ring (bicyclic) bond motifs is 1. The summed E-state index contributed by atoms with van der Waals surface area (Å²) in [6.45, 7) is 9.30. The second-order valence-corrected chi connectivity index (χ2v) is 6.36. The van der Waals surface area contributed by atoms with E-state index in [4.69, 9.17) is 9.47 Å². The van der Waals surface area contributed by atoms with Gasteiger partial charge in [0.1, 0.15) is 11.1 Å². The molecule has 0 amide bonds. The van der Waals surface area contributed by atoms with Gasteiger partial charge in [-0.3, -0.25) is 5.32 Å². The predicted octanol–water partition coefficient (Wildman–Crippen LogP) is 3.06. The Balaban J connectivity index is 2.00. The van der Waals surface area contributed by atoms with E-state index in [1.807, 2.05) is 26.0 Å². The van der Waals surface area contributed by atoms with Crippen LogP contribution in [0.1, 0.15) is 39.7 Å². The fourth-order valence-corrected chi connectivity index (χ4v) is 2.64. The first-order valence-electron chi connectivity index (χ1n) is 7.49. The summed E-state index contributed by atoms with van der Waals surface area (Å²) in [5, 5.41) is 12.4. The topological polar surface area (TPSA) is 54.3 Å². The van der Waals surface area contributed by atoms with Crippen molar-refractivity contribution in [3.63, 3.8) is 0 Å². The van der Waals surface area contributed by atoms with Crippen LogP contribution in [0.4, 0.5) is 0 Å². The van der Waals surface area contributed by atoms with Crippen LogP contribution in [0.3, 0.4) is 0 Å². The number of nitrogens with zero attached hydrogens (tertiary/aromatic N) is 1. The van der Waals surface area contributed by atoms with Crippen LogP contribution in [0, 0.1) is 11.3 Å². The molecule has 4 nitrogen and oxygen atoms in total. The van der Waals surface area contributed by atoms with E-state index in [0.29, 0.717) is 13.0 Å². The molecule has 1 aromatic rings. The highest BCUT2D eigenvalue weighted by atomic mass is 16.5. The minimum Gasteiger partial charge on any atom is -0.490 e. The lowest BCUT2D eigenvalue weighted by atomic mass is 10.0. The van der Waals surface area contributed by atoms with Crippen molar-refractivity contribution in [2.24, 2.45) is 0 Å². The van der Waals surface area contributed by atoms with Gasteiger partial charge in [-0.25, -0.2) is 0 Å². The molecule has 0 aliphatic carbocycles.